The maximum Gasteiger partial charge on any atom is 0.343 e. The minimum absolute atomic E-state index is 0.128. The van der Waals surface area contributed by atoms with Crippen LogP contribution in [0.5, 0.6) is 0 Å². The molecule has 1 aromatic carbocycles. The number of aliphatic hydroxyl groups is 2. The quantitative estimate of drug-likeness (QED) is 0.0712. The van der Waals surface area contributed by atoms with Crippen LogP contribution < -0.4 is 0 Å². The molecule has 8 atom stereocenters. The number of carbonyl (C=O) groups excluding carboxylic acids is 1. The van der Waals surface area contributed by atoms with Crippen molar-refractivity contribution in [1.29, 1.82) is 0 Å². The minimum atomic E-state index is -3.70. The smallest absolute Gasteiger partial charge is 0.343 e. The molecule has 1 aromatic rings. The molecule has 0 aromatic heterocycles. The molecule has 0 aliphatic carbocycles. The highest BCUT2D eigenvalue weighted by Crippen LogP contribution is 2.55. The number of hydrogen-bond donors (Lipinski definition) is 5. The summed E-state index contributed by atoms with van der Waals surface area (Å²) in [6.07, 6.45) is -0.175. The molecular formula is C35H50O13. The van der Waals surface area contributed by atoms with Crippen LogP contribution in [-0.2, 0) is 44.5 Å². The van der Waals surface area contributed by atoms with Gasteiger partial charge in [-0.05, 0) is 30.4 Å². The van der Waals surface area contributed by atoms with Crippen molar-refractivity contribution in [2.75, 3.05) is 6.61 Å². The standard InChI is InChI=1S/C35H50O13/c1-5-6-7-8-9-10-11-15-20-45-28-27(37)33(47-29(30(38)39)34(44,31(40)41)35(28,48-33)32(42)43)19-18-22(2)26(46-24(4)36)23(3)21-25-16-13-12-14-17-25/h12-14,16-17,23,26-29,37,44H,2,5-11,15,18-21H2,1,3-4H3,(H,38,39)(H,40,41)(H,42,43)/t23?,26?,27-,28-,29-,33-,34-,35-/m1/s1. The molecule has 0 saturated carbocycles. The lowest BCUT2D eigenvalue weighted by Crippen LogP contribution is -2.78. The molecule has 0 amide bonds. The highest BCUT2D eigenvalue weighted by atomic mass is 16.8. The second kappa shape index (κ2) is 16.8. The number of carbonyl (C=O) groups is 4. The van der Waals surface area contributed by atoms with Crippen molar-refractivity contribution in [3.8, 4) is 0 Å². The Labute approximate surface area is 280 Å². The van der Waals surface area contributed by atoms with Crippen LogP contribution in [0.4, 0.5) is 0 Å². The molecule has 2 saturated heterocycles. The molecule has 48 heavy (non-hydrogen) atoms. The summed E-state index contributed by atoms with van der Waals surface area (Å²) in [5.74, 6) is -9.58. The first-order chi connectivity index (χ1) is 22.7. The summed E-state index contributed by atoms with van der Waals surface area (Å²) < 4.78 is 22.8. The average molecular weight is 679 g/mol. The normalized spacial score (nSPS) is 29.1. The van der Waals surface area contributed by atoms with Gasteiger partial charge in [0.25, 0.3) is 0 Å². The first-order valence-electron chi connectivity index (χ1n) is 16.7. The summed E-state index contributed by atoms with van der Waals surface area (Å²) in [6, 6.07) is 9.43. The number of ether oxygens (including phenoxy) is 4. The van der Waals surface area contributed by atoms with Gasteiger partial charge in [0.15, 0.2) is 5.79 Å². The maximum atomic E-state index is 12.9. The molecular weight excluding hydrogens is 628 g/mol. The molecule has 13 heteroatoms. The highest BCUT2D eigenvalue weighted by Gasteiger charge is 2.85. The molecule has 0 radical (unpaired) electrons. The fraction of sp³-hybridized carbons (Fsp3) is 0.657. The number of rotatable bonds is 21. The molecule has 268 valence electrons. The lowest BCUT2D eigenvalue weighted by atomic mass is 9.74. The third kappa shape index (κ3) is 8.08. The Morgan fingerprint density at radius 3 is 2.10 bits per heavy atom. The van der Waals surface area contributed by atoms with Crippen molar-refractivity contribution in [3.63, 3.8) is 0 Å². The van der Waals surface area contributed by atoms with E-state index >= 15 is 0 Å². The number of aliphatic hydroxyl groups excluding tert-OH is 1. The van der Waals surface area contributed by atoms with E-state index in [9.17, 15) is 44.7 Å². The van der Waals surface area contributed by atoms with Crippen molar-refractivity contribution in [3.05, 3.63) is 48.0 Å². The predicted molar refractivity (Wildman–Crippen MR) is 171 cm³/mol. The van der Waals surface area contributed by atoms with Crippen LogP contribution in [0.1, 0.15) is 90.5 Å². The molecule has 2 heterocycles. The van der Waals surface area contributed by atoms with E-state index in [0.717, 1.165) is 44.1 Å². The molecule has 2 bridgehead atoms. The van der Waals surface area contributed by atoms with Gasteiger partial charge < -0.3 is 44.5 Å². The second-order valence-electron chi connectivity index (χ2n) is 12.9. The van der Waals surface area contributed by atoms with Crippen LogP contribution in [0.25, 0.3) is 0 Å². The van der Waals surface area contributed by atoms with Gasteiger partial charge in [-0.3, -0.25) is 4.79 Å². The second-order valence-corrected chi connectivity index (χ2v) is 12.9. The summed E-state index contributed by atoms with van der Waals surface area (Å²) in [6.45, 7) is 9.15. The topological polar surface area (TPSA) is 206 Å². The van der Waals surface area contributed by atoms with Crippen LogP contribution in [0, 0.1) is 5.92 Å². The van der Waals surface area contributed by atoms with E-state index in [1.54, 1.807) is 0 Å². The van der Waals surface area contributed by atoms with Gasteiger partial charge in [-0.15, -0.1) is 0 Å². The lowest BCUT2D eigenvalue weighted by molar-refractivity contribution is -0.374. The zero-order chi connectivity index (χ0) is 35.7. The summed E-state index contributed by atoms with van der Waals surface area (Å²) in [5.41, 5.74) is -5.66. The molecule has 13 nitrogen and oxygen atoms in total. The molecule has 2 aliphatic heterocycles. The van der Waals surface area contributed by atoms with Crippen molar-refractivity contribution in [1.82, 2.24) is 0 Å². The van der Waals surface area contributed by atoms with E-state index in [2.05, 4.69) is 13.5 Å². The number of fused-ring (bicyclic) bond motifs is 2. The zero-order valence-electron chi connectivity index (χ0n) is 28.0. The Morgan fingerprint density at radius 2 is 1.56 bits per heavy atom. The molecule has 2 aliphatic rings. The van der Waals surface area contributed by atoms with Gasteiger partial charge in [0.1, 0.15) is 18.3 Å². The van der Waals surface area contributed by atoms with E-state index < -0.39 is 71.7 Å². The number of aliphatic carboxylic acids is 3. The summed E-state index contributed by atoms with van der Waals surface area (Å²) in [5, 5.41) is 53.6. The fourth-order valence-electron chi connectivity index (χ4n) is 6.80. The Kier molecular flexibility index (Phi) is 13.7. The van der Waals surface area contributed by atoms with Gasteiger partial charge in [0, 0.05) is 25.9 Å². The molecule has 5 N–H and O–H groups in total. The van der Waals surface area contributed by atoms with E-state index in [4.69, 9.17) is 18.9 Å². The van der Waals surface area contributed by atoms with Gasteiger partial charge in [-0.1, -0.05) is 95.7 Å². The number of esters is 1. The predicted octanol–water partition coefficient (Wildman–Crippen LogP) is 3.87. The number of carboxylic acids is 3. The summed E-state index contributed by atoms with van der Waals surface area (Å²) in [7, 11) is 0. The zero-order valence-corrected chi connectivity index (χ0v) is 28.0. The molecule has 2 unspecified atom stereocenters. The number of unbranched alkanes of at least 4 members (excludes halogenated alkanes) is 7. The molecule has 3 rings (SSSR count). The lowest BCUT2D eigenvalue weighted by Gasteiger charge is -2.49. The average Bonchev–Trinajstić information content (AvgIpc) is 3.25. The van der Waals surface area contributed by atoms with Crippen LogP contribution in [0.15, 0.2) is 42.5 Å². The monoisotopic (exact) mass is 678 g/mol. The maximum absolute atomic E-state index is 12.9. The summed E-state index contributed by atoms with van der Waals surface area (Å²) >= 11 is 0. The van der Waals surface area contributed by atoms with Gasteiger partial charge in [0.05, 0.1) is 0 Å². The first-order valence-corrected chi connectivity index (χ1v) is 16.7. The fourth-order valence-corrected chi connectivity index (χ4v) is 6.80. The van der Waals surface area contributed by atoms with E-state index in [1.165, 1.54) is 6.92 Å². The molecule has 0 spiro atoms. The number of hydrogen-bond acceptors (Lipinski definition) is 10. The van der Waals surface area contributed by atoms with Gasteiger partial charge >= 0.3 is 23.9 Å². The van der Waals surface area contributed by atoms with E-state index in [0.29, 0.717) is 24.8 Å². The van der Waals surface area contributed by atoms with Crippen molar-refractivity contribution in [2.45, 2.75) is 133 Å². The van der Waals surface area contributed by atoms with E-state index in [-0.39, 0.29) is 18.9 Å². The van der Waals surface area contributed by atoms with E-state index in [1.807, 2.05) is 37.3 Å². The number of carboxylic acid groups (broad SMARTS) is 3. The van der Waals surface area contributed by atoms with Crippen molar-refractivity contribution >= 4 is 23.9 Å². The van der Waals surface area contributed by atoms with Crippen molar-refractivity contribution in [2.24, 2.45) is 5.92 Å². The Balaban J connectivity index is 1.88. The van der Waals surface area contributed by atoms with Crippen LogP contribution in [0.2, 0.25) is 0 Å². The summed E-state index contributed by atoms with van der Waals surface area (Å²) in [4.78, 5) is 49.9. The van der Waals surface area contributed by atoms with Gasteiger partial charge in [-0.2, -0.15) is 0 Å². The van der Waals surface area contributed by atoms with Crippen LogP contribution in [-0.4, -0.2) is 97.4 Å². The third-order valence-corrected chi connectivity index (χ3v) is 9.31. The Morgan fingerprint density at radius 1 is 0.958 bits per heavy atom. The third-order valence-electron chi connectivity index (χ3n) is 9.31. The van der Waals surface area contributed by atoms with Crippen LogP contribution >= 0.6 is 0 Å². The Hall–Kier alpha value is -3.36. The van der Waals surface area contributed by atoms with Crippen LogP contribution in [0.3, 0.4) is 0 Å². The number of benzene rings is 1. The molecule has 2 fully saturated rings. The largest absolute Gasteiger partial charge is 0.479 e. The Bertz CT molecular complexity index is 1280. The first kappa shape index (κ1) is 39.1. The van der Waals surface area contributed by atoms with Gasteiger partial charge in [0.2, 0.25) is 17.3 Å². The van der Waals surface area contributed by atoms with Crippen molar-refractivity contribution < 1.29 is 63.7 Å². The minimum Gasteiger partial charge on any atom is -0.479 e. The van der Waals surface area contributed by atoms with Gasteiger partial charge in [-0.25, -0.2) is 14.4 Å². The SMILES string of the molecule is C=C(CC[C@@]12O[C@H](C(=O)O)[C@@](O)(C(=O)O)[C@@](C(=O)O)(O1)[C@H](OCCCCCCCCCC)[C@H]2O)C(OC(C)=O)C(C)Cc1ccccc1. The highest BCUT2D eigenvalue weighted by molar-refractivity contribution is 5.97.